The quantitative estimate of drug-likeness (QED) is 0.808. The number of amides is 1. The minimum absolute atomic E-state index is 0.0133. The van der Waals surface area contributed by atoms with E-state index in [1.807, 2.05) is 37.3 Å². The molecule has 0 fully saturated rings. The normalized spacial score (nSPS) is 10.3. The molecule has 0 unspecified atom stereocenters. The lowest BCUT2D eigenvalue weighted by atomic mass is 10.00. The van der Waals surface area contributed by atoms with Crippen LogP contribution in [0.3, 0.4) is 0 Å². The van der Waals surface area contributed by atoms with Gasteiger partial charge in [0.15, 0.2) is 0 Å². The van der Waals surface area contributed by atoms with Gasteiger partial charge in [0.25, 0.3) is 5.91 Å². The molecule has 2 aromatic rings. The number of carbonyl (C=O) groups is 1. The second-order valence-corrected chi connectivity index (χ2v) is 5.06. The molecule has 0 radical (unpaired) electrons. The summed E-state index contributed by atoms with van der Waals surface area (Å²) in [6.07, 6.45) is 2.10. The summed E-state index contributed by atoms with van der Waals surface area (Å²) in [5.74, 6) is 0.0133. The zero-order chi connectivity index (χ0) is 14.4. The highest BCUT2D eigenvalue weighted by molar-refractivity contribution is 5.95. The third-order valence-electron chi connectivity index (χ3n) is 3.26. The predicted molar refractivity (Wildman–Crippen MR) is 83.9 cm³/mol. The Morgan fingerprint density at radius 1 is 1.05 bits per heavy atom. The van der Waals surface area contributed by atoms with E-state index < -0.39 is 0 Å². The molecule has 104 valence electrons. The molecule has 0 spiro atoms. The van der Waals surface area contributed by atoms with Gasteiger partial charge >= 0.3 is 0 Å². The molecule has 2 aromatic carbocycles. The van der Waals surface area contributed by atoms with Crippen LogP contribution in [0, 0.1) is 6.92 Å². The number of benzene rings is 2. The van der Waals surface area contributed by atoms with Gasteiger partial charge in [-0.3, -0.25) is 4.79 Å². The van der Waals surface area contributed by atoms with Crippen LogP contribution in [0.25, 0.3) is 11.1 Å². The van der Waals surface area contributed by atoms with E-state index in [0.717, 1.165) is 41.6 Å². The topological polar surface area (TPSA) is 29.1 Å². The summed E-state index contributed by atoms with van der Waals surface area (Å²) >= 11 is 0. The third-order valence-corrected chi connectivity index (χ3v) is 3.26. The Morgan fingerprint density at radius 3 is 2.50 bits per heavy atom. The van der Waals surface area contributed by atoms with Crippen molar-refractivity contribution in [3.05, 3.63) is 59.7 Å². The largest absolute Gasteiger partial charge is 0.352 e. The summed E-state index contributed by atoms with van der Waals surface area (Å²) in [6.45, 7) is 4.88. The van der Waals surface area contributed by atoms with Crippen molar-refractivity contribution < 1.29 is 4.79 Å². The van der Waals surface area contributed by atoms with Crippen LogP contribution in [0.4, 0.5) is 0 Å². The zero-order valence-electron chi connectivity index (χ0n) is 12.1. The molecule has 2 rings (SSSR count). The predicted octanol–water partition coefficient (Wildman–Crippen LogP) is 4.19. The van der Waals surface area contributed by atoms with Gasteiger partial charge in [0.2, 0.25) is 0 Å². The minimum Gasteiger partial charge on any atom is -0.352 e. The van der Waals surface area contributed by atoms with E-state index in [4.69, 9.17) is 0 Å². The summed E-state index contributed by atoms with van der Waals surface area (Å²) in [7, 11) is 0. The Morgan fingerprint density at radius 2 is 1.80 bits per heavy atom. The van der Waals surface area contributed by atoms with Gasteiger partial charge in [-0.05, 0) is 42.2 Å². The fourth-order valence-corrected chi connectivity index (χ4v) is 2.19. The van der Waals surface area contributed by atoms with Crippen LogP contribution in [0.2, 0.25) is 0 Å². The van der Waals surface area contributed by atoms with Crippen LogP contribution in [0.5, 0.6) is 0 Å². The van der Waals surface area contributed by atoms with Crippen LogP contribution in [0.15, 0.2) is 48.5 Å². The lowest BCUT2D eigenvalue weighted by molar-refractivity contribution is 0.0953. The van der Waals surface area contributed by atoms with Crippen molar-refractivity contribution >= 4 is 5.91 Å². The van der Waals surface area contributed by atoms with E-state index in [1.165, 1.54) is 0 Å². The van der Waals surface area contributed by atoms with E-state index in [9.17, 15) is 4.79 Å². The lowest BCUT2D eigenvalue weighted by Crippen LogP contribution is -2.24. The maximum Gasteiger partial charge on any atom is 0.251 e. The summed E-state index contributed by atoms with van der Waals surface area (Å²) in [5, 5.41) is 2.97. The van der Waals surface area contributed by atoms with Crippen molar-refractivity contribution in [1.82, 2.24) is 5.32 Å². The average molecular weight is 267 g/mol. The van der Waals surface area contributed by atoms with Crippen molar-refractivity contribution in [2.45, 2.75) is 26.7 Å². The van der Waals surface area contributed by atoms with Crippen LogP contribution in [0.1, 0.15) is 35.7 Å². The Hall–Kier alpha value is -2.09. The number of carbonyl (C=O) groups excluding carboxylic acids is 1. The Bertz CT molecular complexity index is 575. The zero-order valence-corrected chi connectivity index (χ0v) is 12.1. The Balaban J connectivity index is 2.23. The van der Waals surface area contributed by atoms with E-state index >= 15 is 0 Å². The molecule has 0 saturated carbocycles. The highest BCUT2D eigenvalue weighted by Gasteiger charge is 2.08. The average Bonchev–Trinajstić information content (AvgIpc) is 2.47. The number of rotatable bonds is 5. The van der Waals surface area contributed by atoms with E-state index in [0.29, 0.717) is 0 Å². The van der Waals surface area contributed by atoms with Crippen LogP contribution >= 0.6 is 0 Å². The molecule has 0 aliphatic heterocycles. The molecule has 0 heterocycles. The minimum atomic E-state index is 0.0133. The van der Waals surface area contributed by atoms with Crippen LogP contribution in [-0.2, 0) is 0 Å². The first-order valence-electron chi connectivity index (χ1n) is 7.16. The second-order valence-electron chi connectivity index (χ2n) is 5.06. The summed E-state index contributed by atoms with van der Waals surface area (Å²) in [5.41, 5.74) is 4.07. The van der Waals surface area contributed by atoms with Crippen LogP contribution < -0.4 is 5.32 Å². The monoisotopic (exact) mass is 267 g/mol. The highest BCUT2D eigenvalue weighted by atomic mass is 16.1. The van der Waals surface area contributed by atoms with Crippen LogP contribution in [-0.4, -0.2) is 12.5 Å². The van der Waals surface area contributed by atoms with Crippen molar-refractivity contribution in [2.24, 2.45) is 0 Å². The molecule has 0 aromatic heterocycles. The van der Waals surface area contributed by atoms with Gasteiger partial charge in [-0.25, -0.2) is 0 Å². The lowest BCUT2D eigenvalue weighted by Gasteiger charge is -2.09. The van der Waals surface area contributed by atoms with Gasteiger partial charge in [0.05, 0.1) is 0 Å². The van der Waals surface area contributed by atoms with Gasteiger partial charge in [0, 0.05) is 12.1 Å². The number of unbranched alkanes of at least 4 members (excludes halogenated alkanes) is 1. The highest BCUT2D eigenvalue weighted by Crippen LogP contribution is 2.22. The van der Waals surface area contributed by atoms with Gasteiger partial charge in [-0.15, -0.1) is 0 Å². The van der Waals surface area contributed by atoms with Crippen molar-refractivity contribution in [2.75, 3.05) is 6.54 Å². The number of aryl methyl sites for hydroxylation is 1. The standard InChI is InChI=1S/C18H21NO/c1-3-4-10-19-18(20)17-12-14(2)11-16(13-17)15-8-6-5-7-9-15/h5-9,11-13H,3-4,10H2,1-2H3,(H,19,20). The SMILES string of the molecule is CCCCNC(=O)c1cc(C)cc(-c2ccccc2)c1. The maximum atomic E-state index is 12.1. The summed E-state index contributed by atoms with van der Waals surface area (Å²) in [4.78, 5) is 12.1. The molecule has 0 aliphatic rings. The molecule has 0 saturated heterocycles. The van der Waals surface area contributed by atoms with E-state index in [1.54, 1.807) is 0 Å². The smallest absolute Gasteiger partial charge is 0.251 e. The number of hydrogen-bond acceptors (Lipinski definition) is 1. The summed E-state index contributed by atoms with van der Waals surface area (Å²) in [6, 6.07) is 16.2. The first-order valence-corrected chi connectivity index (χ1v) is 7.16. The van der Waals surface area contributed by atoms with Gasteiger partial charge in [0.1, 0.15) is 0 Å². The van der Waals surface area contributed by atoms with Gasteiger partial charge in [-0.2, -0.15) is 0 Å². The third kappa shape index (κ3) is 3.70. The first kappa shape index (κ1) is 14.3. The molecule has 2 heteroatoms. The number of hydrogen-bond donors (Lipinski definition) is 1. The fourth-order valence-electron chi connectivity index (χ4n) is 2.19. The Labute approximate surface area is 120 Å². The summed E-state index contributed by atoms with van der Waals surface area (Å²) < 4.78 is 0. The van der Waals surface area contributed by atoms with Gasteiger partial charge in [-0.1, -0.05) is 49.7 Å². The molecule has 0 atom stereocenters. The molecule has 1 amide bonds. The molecule has 0 bridgehead atoms. The van der Waals surface area contributed by atoms with E-state index in [2.05, 4.69) is 30.4 Å². The molecular weight excluding hydrogens is 246 g/mol. The van der Waals surface area contributed by atoms with E-state index in [-0.39, 0.29) is 5.91 Å². The van der Waals surface area contributed by atoms with Gasteiger partial charge < -0.3 is 5.32 Å². The second kappa shape index (κ2) is 6.90. The maximum absolute atomic E-state index is 12.1. The molecule has 0 aliphatic carbocycles. The molecule has 1 N–H and O–H groups in total. The molecule has 20 heavy (non-hydrogen) atoms. The van der Waals surface area contributed by atoms with Crippen molar-refractivity contribution in [3.8, 4) is 11.1 Å². The van der Waals surface area contributed by atoms with Crippen molar-refractivity contribution in [1.29, 1.82) is 0 Å². The molecule has 2 nitrogen and oxygen atoms in total. The molecular formula is C18H21NO. The Kier molecular flexibility index (Phi) is 4.94. The fraction of sp³-hybridized carbons (Fsp3) is 0.278. The number of nitrogens with one attached hydrogen (secondary N) is 1. The first-order chi connectivity index (χ1) is 9.70. The van der Waals surface area contributed by atoms with Crippen molar-refractivity contribution in [3.63, 3.8) is 0 Å².